The lowest BCUT2D eigenvalue weighted by Crippen LogP contribution is -2.07. The first-order chi connectivity index (χ1) is 13.6. The minimum Gasteiger partial charge on any atom is -0.490 e. The lowest BCUT2D eigenvalue weighted by Gasteiger charge is -2.12. The first-order valence-corrected chi connectivity index (χ1v) is 9.52. The summed E-state index contributed by atoms with van der Waals surface area (Å²) in [6.45, 7) is 5.15. The fraction of sp³-hybridized carbons (Fsp3) is 0.286. The van der Waals surface area contributed by atoms with Gasteiger partial charge in [0.15, 0.2) is 17.2 Å². The summed E-state index contributed by atoms with van der Waals surface area (Å²) in [5.41, 5.74) is 1.33. The molecule has 3 rings (SSSR count). The molecule has 6 nitrogen and oxygen atoms in total. The number of carbonyl (C=O) groups is 1. The second-order valence-electron chi connectivity index (χ2n) is 6.04. The van der Waals surface area contributed by atoms with E-state index in [1.165, 1.54) is 6.20 Å². The number of carbonyl (C=O) groups excluding carboxylic acids is 1. The van der Waals surface area contributed by atoms with E-state index in [9.17, 15) is 4.79 Å². The summed E-state index contributed by atoms with van der Waals surface area (Å²) in [6.07, 6.45) is 5.19. The zero-order valence-corrected chi connectivity index (χ0v) is 16.5. The van der Waals surface area contributed by atoms with E-state index in [1.807, 2.05) is 25.1 Å². The van der Waals surface area contributed by atoms with Crippen molar-refractivity contribution in [2.45, 2.75) is 26.7 Å². The predicted octanol–water partition coefficient (Wildman–Crippen LogP) is 4.66. The van der Waals surface area contributed by atoms with Gasteiger partial charge >= 0.3 is 5.97 Å². The first kappa shape index (κ1) is 19.9. The molecular weight excluding hydrogens is 380 g/mol. The molecule has 1 aliphatic heterocycles. The van der Waals surface area contributed by atoms with Crippen molar-refractivity contribution < 1.29 is 19.0 Å². The lowest BCUT2D eigenvalue weighted by molar-refractivity contribution is -0.129. The molecule has 7 heteroatoms. The number of esters is 1. The number of aromatic nitrogens is 1. The first-order valence-electron chi connectivity index (χ1n) is 9.14. The Bertz CT molecular complexity index is 924. The number of benzene rings is 1. The smallest absolute Gasteiger partial charge is 0.363 e. The van der Waals surface area contributed by atoms with E-state index in [-0.39, 0.29) is 11.6 Å². The van der Waals surface area contributed by atoms with Crippen LogP contribution in [-0.2, 0) is 9.53 Å². The molecule has 1 aromatic carbocycles. The second kappa shape index (κ2) is 9.37. The van der Waals surface area contributed by atoms with E-state index in [0.29, 0.717) is 35.4 Å². The third-order valence-corrected chi connectivity index (χ3v) is 4.12. The highest BCUT2D eigenvalue weighted by atomic mass is 35.5. The molecule has 0 aliphatic carbocycles. The number of aliphatic imine (C=N–C) groups is 1. The fourth-order valence-corrected chi connectivity index (χ4v) is 2.69. The number of cyclic esters (lactones) is 1. The third kappa shape index (κ3) is 4.89. The van der Waals surface area contributed by atoms with Gasteiger partial charge in [-0.05, 0) is 49.2 Å². The monoisotopic (exact) mass is 400 g/mol. The molecule has 0 atom stereocenters. The summed E-state index contributed by atoms with van der Waals surface area (Å²) in [5, 5.41) is 0.487. The van der Waals surface area contributed by atoms with Crippen molar-refractivity contribution in [3.05, 3.63) is 58.5 Å². The number of halogens is 1. The molecule has 0 saturated carbocycles. The average Bonchev–Trinajstić information content (AvgIpc) is 3.04. The molecular formula is C21H21ClN2O4. The van der Waals surface area contributed by atoms with E-state index in [1.54, 1.807) is 18.2 Å². The van der Waals surface area contributed by atoms with Crippen LogP contribution < -0.4 is 9.47 Å². The van der Waals surface area contributed by atoms with E-state index in [0.717, 1.165) is 18.4 Å². The van der Waals surface area contributed by atoms with Crippen LogP contribution in [0.1, 0.15) is 37.9 Å². The van der Waals surface area contributed by atoms with E-state index >= 15 is 0 Å². The normalized spacial score (nSPS) is 14.8. The van der Waals surface area contributed by atoms with Crippen molar-refractivity contribution >= 4 is 29.5 Å². The van der Waals surface area contributed by atoms with Gasteiger partial charge in [0.05, 0.1) is 13.2 Å². The summed E-state index contributed by atoms with van der Waals surface area (Å²) in [7, 11) is 0. The minimum atomic E-state index is -0.544. The maximum Gasteiger partial charge on any atom is 0.363 e. The minimum absolute atomic E-state index is 0.128. The molecule has 1 aromatic heterocycles. The van der Waals surface area contributed by atoms with E-state index < -0.39 is 5.97 Å². The van der Waals surface area contributed by atoms with Crippen LogP contribution in [0.5, 0.6) is 11.5 Å². The lowest BCUT2D eigenvalue weighted by atomic mass is 10.1. The largest absolute Gasteiger partial charge is 0.490 e. The molecule has 0 bridgehead atoms. The fourth-order valence-electron chi connectivity index (χ4n) is 2.53. The van der Waals surface area contributed by atoms with Crippen LogP contribution in [0, 0.1) is 0 Å². The van der Waals surface area contributed by atoms with Crippen LogP contribution in [0.15, 0.2) is 47.2 Å². The number of ether oxygens (including phenoxy) is 3. The van der Waals surface area contributed by atoms with Gasteiger partial charge in [0.2, 0.25) is 5.90 Å². The van der Waals surface area contributed by atoms with Crippen molar-refractivity contribution in [3.63, 3.8) is 0 Å². The summed E-state index contributed by atoms with van der Waals surface area (Å²) in [4.78, 5) is 20.6. The molecule has 0 amide bonds. The maximum atomic E-state index is 12.2. The van der Waals surface area contributed by atoms with E-state index in [2.05, 4.69) is 16.9 Å². The van der Waals surface area contributed by atoms with Gasteiger partial charge in [0.25, 0.3) is 0 Å². The number of hydrogen-bond acceptors (Lipinski definition) is 6. The van der Waals surface area contributed by atoms with Gasteiger partial charge < -0.3 is 14.2 Å². The molecule has 0 spiro atoms. The molecule has 2 heterocycles. The quantitative estimate of drug-likeness (QED) is 0.366. The van der Waals surface area contributed by atoms with Crippen LogP contribution in [-0.4, -0.2) is 30.1 Å². The molecule has 28 heavy (non-hydrogen) atoms. The third-order valence-electron chi connectivity index (χ3n) is 3.89. The summed E-state index contributed by atoms with van der Waals surface area (Å²) >= 11 is 5.96. The van der Waals surface area contributed by atoms with Gasteiger partial charge in [-0.15, -0.1) is 0 Å². The van der Waals surface area contributed by atoms with Gasteiger partial charge in [-0.2, -0.15) is 0 Å². The summed E-state index contributed by atoms with van der Waals surface area (Å²) in [6, 6.07) is 8.71. The molecule has 2 aromatic rings. The SMILES string of the molecule is CCCCOc1ccc(/C=C2\N=C(c3cc(Cl)ccn3)OC2=O)cc1OCC. The summed E-state index contributed by atoms with van der Waals surface area (Å²) in [5.74, 6) is 0.889. The summed E-state index contributed by atoms with van der Waals surface area (Å²) < 4.78 is 16.7. The van der Waals surface area contributed by atoms with Gasteiger partial charge in [-0.1, -0.05) is 31.0 Å². The maximum absolute atomic E-state index is 12.2. The number of nitrogens with zero attached hydrogens (tertiary/aromatic N) is 2. The van der Waals surface area contributed by atoms with Crippen LogP contribution >= 0.6 is 11.6 Å². The Kier molecular flexibility index (Phi) is 6.66. The zero-order chi connectivity index (χ0) is 19.9. The van der Waals surface area contributed by atoms with Crippen LogP contribution in [0.2, 0.25) is 5.02 Å². The molecule has 146 valence electrons. The van der Waals surface area contributed by atoms with Gasteiger partial charge in [-0.25, -0.2) is 9.79 Å². The molecule has 0 fully saturated rings. The van der Waals surface area contributed by atoms with Crippen LogP contribution in [0.25, 0.3) is 6.08 Å². The highest BCUT2D eigenvalue weighted by Crippen LogP contribution is 2.30. The second-order valence-corrected chi connectivity index (χ2v) is 6.47. The van der Waals surface area contributed by atoms with Crippen molar-refractivity contribution in [1.82, 2.24) is 4.98 Å². The van der Waals surface area contributed by atoms with Gasteiger partial charge in [-0.3, -0.25) is 4.98 Å². The molecule has 0 radical (unpaired) electrons. The van der Waals surface area contributed by atoms with E-state index in [4.69, 9.17) is 25.8 Å². The Hall–Kier alpha value is -2.86. The molecule has 1 aliphatic rings. The van der Waals surface area contributed by atoms with Crippen molar-refractivity contribution in [1.29, 1.82) is 0 Å². The van der Waals surface area contributed by atoms with Crippen molar-refractivity contribution in [2.24, 2.45) is 4.99 Å². The topological polar surface area (TPSA) is 70.0 Å². The van der Waals surface area contributed by atoms with Crippen LogP contribution in [0.3, 0.4) is 0 Å². The number of unbranched alkanes of at least 4 members (excludes halogenated alkanes) is 1. The van der Waals surface area contributed by atoms with Crippen molar-refractivity contribution in [2.75, 3.05) is 13.2 Å². The zero-order valence-electron chi connectivity index (χ0n) is 15.8. The molecule has 0 N–H and O–H groups in total. The Morgan fingerprint density at radius 3 is 2.75 bits per heavy atom. The number of hydrogen-bond donors (Lipinski definition) is 0. The standard InChI is InChI=1S/C21H21ClN2O4/c1-3-5-10-27-18-7-6-14(12-19(18)26-4-2)11-17-21(25)28-20(24-17)16-13-15(22)8-9-23-16/h6-9,11-13H,3-5,10H2,1-2H3/b17-11-. The Morgan fingerprint density at radius 2 is 2.00 bits per heavy atom. The number of rotatable bonds is 8. The van der Waals surface area contributed by atoms with Gasteiger partial charge in [0, 0.05) is 11.2 Å². The van der Waals surface area contributed by atoms with Gasteiger partial charge in [0.1, 0.15) is 5.69 Å². The Balaban J connectivity index is 1.85. The Morgan fingerprint density at radius 1 is 1.14 bits per heavy atom. The Labute approximate surface area is 168 Å². The van der Waals surface area contributed by atoms with Crippen LogP contribution in [0.4, 0.5) is 0 Å². The highest BCUT2D eigenvalue weighted by Gasteiger charge is 2.25. The molecule has 0 saturated heterocycles. The molecule has 0 unspecified atom stereocenters. The average molecular weight is 401 g/mol. The highest BCUT2D eigenvalue weighted by molar-refractivity contribution is 6.31. The van der Waals surface area contributed by atoms with Crippen molar-refractivity contribution in [3.8, 4) is 11.5 Å². The predicted molar refractivity (Wildman–Crippen MR) is 108 cm³/mol. The number of pyridine rings is 1.